The Bertz CT molecular complexity index is 1880. The van der Waals surface area contributed by atoms with Gasteiger partial charge < -0.3 is 31.1 Å². The molecule has 2 saturated heterocycles. The Morgan fingerprint density at radius 1 is 0.635 bits per heavy atom. The molecule has 4 atom stereocenters. The Morgan fingerprint density at radius 3 is 1.46 bits per heavy atom. The van der Waals surface area contributed by atoms with Gasteiger partial charge in [0.15, 0.2) is 0 Å². The van der Waals surface area contributed by atoms with Crippen molar-refractivity contribution in [3.63, 3.8) is 0 Å². The molecule has 270 valence electrons. The third-order valence-electron chi connectivity index (χ3n) is 11.0. The van der Waals surface area contributed by atoms with Crippen molar-refractivity contribution in [2.75, 3.05) is 50.1 Å². The molecule has 6 heterocycles. The lowest BCUT2D eigenvalue weighted by atomic mass is 9.95. The normalized spacial score (nSPS) is 22.6. The van der Waals surface area contributed by atoms with Gasteiger partial charge in [-0.25, -0.2) is 9.97 Å². The second kappa shape index (κ2) is 14.7. The zero-order chi connectivity index (χ0) is 35.9. The largest absolute Gasteiger partial charge is 0.359 e. The van der Waals surface area contributed by atoms with Crippen LogP contribution in [0.25, 0.3) is 33.6 Å². The first kappa shape index (κ1) is 34.8. The van der Waals surface area contributed by atoms with Crippen LogP contribution in [0.2, 0.25) is 10.0 Å². The molecule has 52 heavy (non-hydrogen) atoms. The molecule has 2 aromatic heterocycles. The first-order chi connectivity index (χ1) is 25.2. The third-order valence-corrected chi connectivity index (χ3v) is 11.8. The second-order valence-electron chi connectivity index (χ2n) is 14.5. The van der Waals surface area contributed by atoms with E-state index in [0.29, 0.717) is 22.9 Å². The average molecular weight is 740 g/mol. The van der Waals surface area contributed by atoms with Gasteiger partial charge in [-0.15, -0.1) is 0 Å². The summed E-state index contributed by atoms with van der Waals surface area (Å²) >= 11 is 14.5. The molecule has 12 heteroatoms. The number of aromatic nitrogens is 2. The van der Waals surface area contributed by atoms with Gasteiger partial charge in [0.2, 0.25) is 11.8 Å². The molecule has 2 aromatic carbocycles. The van der Waals surface area contributed by atoms with Crippen molar-refractivity contribution in [3.05, 3.63) is 81.8 Å². The van der Waals surface area contributed by atoms with Crippen molar-refractivity contribution in [3.8, 4) is 33.6 Å². The number of fused-ring (bicyclic) bond motifs is 2. The summed E-state index contributed by atoms with van der Waals surface area (Å²) in [5, 5.41) is 14.7. The summed E-state index contributed by atoms with van der Waals surface area (Å²) in [5.74, 6) is 2.13. The Morgan fingerprint density at radius 2 is 1.06 bits per heavy atom. The highest BCUT2D eigenvalue weighted by Gasteiger charge is 2.30. The number of hydrogen-bond donors (Lipinski definition) is 4. The lowest BCUT2D eigenvalue weighted by Gasteiger charge is -2.33. The van der Waals surface area contributed by atoms with Crippen molar-refractivity contribution in [1.82, 2.24) is 31.2 Å². The van der Waals surface area contributed by atoms with E-state index >= 15 is 0 Å². The standard InChI is InChI=1S/C40H44Cl2N8O2/c1-49-19-17-31(43-21-23-9-15-35(51)45-23)29-11-13-33(47-39(29)49)27-7-3-5-25(37(27)41)26-6-4-8-28(38(26)42)34-14-12-30-32(18-20-50(2)40(30)48-34)44-22-24-10-16-36(52)46-24/h3-8,11-14,23-24,31-32,43-44H,9-10,15-22H2,1-2H3,(H,45,51)(H,46,52)/t23-,24+,31-,32-/m1/s1. The van der Waals surface area contributed by atoms with E-state index in [1.54, 1.807) is 0 Å². The topological polar surface area (TPSA) is 115 Å². The van der Waals surface area contributed by atoms with Crippen LogP contribution in [0, 0.1) is 0 Å². The van der Waals surface area contributed by atoms with Crippen LogP contribution in [0.3, 0.4) is 0 Å². The molecule has 8 rings (SSSR count). The van der Waals surface area contributed by atoms with Gasteiger partial charge in [0, 0.05) is 111 Å². The van der Waals surface area contributed by atoms with Crippen LogP contribution in [0.4, 0.5) is 11.6 Å². The predicted molar refractivity (Wildman–Crippen MR) is 208 cm³/mol. The van der Waals surface area contributed by atoms with Crippen LogP contribution in [-0.2, 0) is 9.59 Å². The molecule has 0 unspecified atom stereocenters. The summed E-state index contributed by atoms with van der Waals surface area (Å²) in [6.07, 6.45) is 4.86. The van der Waals surface area contributed by atoms with Crippen LogP contribution in [0.1, 0.15) is 61.7 Å². The number of carbonyl (C=O) groups is 2. The lowest BCUT2D eigenvalue weighted by molar-refractivity contribution is -0.120. The monoisotopic (exact) mass is 738 g/mol. The first-order valence-corrected chi connectivity index (χ1v) is 19.1. The molecule has 4 N–H and O–H groups in total. The minimum atomic E-state index is 0.132. The van der Waals surface area contributed by atoms with Crippen molar-refractivity contribution < 1.29 is 9.59 Å². The number of halogens is 2. The molecule has 0 aliphatic carbocycles. The zero-order valence-corrected chi connectivity index (χ0v) is 31.0. The maximum Gasteiger partial charge on any atom is 0.220 e. The minimum absolute atomic E-state index is 0.132. The highest BCUT2D eigenvalue weighted by molar-refractivity contribution is 6.39. The van der Waals surface area contributed by atoms with Crippen LogP contribution in [0.15, 0.2) is 60.7 Å². The molecule has 0 bridgehead atoms. The summed E-state index contributed by atoms with van der Waals surface area (Å²) in [6, 6.07) is 21.1. The van der Waals surface area contributed by atoms with E-state index in [1.807, 2.05) is 48.5 Å². The van der Waals surface area contributed by atoms with E-state index in [4.69, 9.17) is 33.2 Å². The predicted octanol–water partition coefficient (Wildman–Crippen LogP) is 6.28. The van der Waals surface area contributed by atoms with E-state index in [1.165, 1.54) is 0 Å². The fraction of sp³-hybridized carbons (Fsp3) is 0.400. The Balaban J connectivity index is 1.05. The van der Waals surface area contributed by atoms with Gasteiger partial charge in [-0.3, -0.25) is 9.59 Å². The maximum absolute atomic E-state index is 11.7. The molecular formula is C40H44Cl2N8O2. The van der Waals surface area contributed by atoms with E-state index < -0.39 is 0 Å². The van der Waals surface area contributed by atoms with Crippen molar-refractivity contribution >= 4 is 46.7 Å². The number of amides is 2. The van der Waals surface area contributed by atoms with Crippen molar-refractivity contribution in [2.24, 2.45) is 0 Å². The Labute approximate surface area is 314 Å². The van der Waals surface area contributed by atoms with Gasteiger partial charge in [-0.2, -0.15) is 0 Å². The molecule has 4 aromatic rings. The molecule has 10 nitrogen and oxygen atoms in total. The van der Waals surface area contributed by atoms with E-state index in [0.717, 1.165) is 108 Å². The van der Waals surface area contributed by atoms with E-state index in [9.17, 15) is 9.59 Å². The zero-order valence-electron chi connectivity index (χ0n) is 29.5. The van der Waals surface area contributed by atoms with E-state index in [2.05, 4.69) is 57.3 Å². The van der Waals surface area contributed by atoms with Gasteiger partial charge in [-0.1, -0.05) is 71.7 Å². The second-order valence-corrected chi connectivity index (χ2v) is 15.3. The molecular weight excluding hydrogens is 695 g/mol. The lowest BCUT2D eigenvalue weighted by Crippen LogP contribution is -2.40. The van der Waals surface area contributed by atoms with Crippen molar-refractivity contribution in [1.29, 1.82) is 0 Å². The van der Waals surface area contributed by atoms with Crippen LogP contribution in [0.5, 0.6) is 0 Å². The molecule has 2 fully saturated rings. The number of carbonyl (C=O) groups excluding carboxylic acids is 2. The number of hydrogen-bond acceptors (Lipinski definition) is 8. The smallest absolute Gasteiger partial charge is 0.220 e. The molecule has 4 aliphatic heterocycles. The fourth-order valence-corrected chi connectivity index (χ4v) is 8.72. The number of nitrogens with one attached hydrogen (secondary N) is 4. The van der Waals surface area contributed by atoms with Crippen LogP contribution >= 0.6 is 23.2 Å². The van der Waals surface area contributed by atoms with Gasteiger partial charge in [-0.05, 0) is 37.8 Å². The summed E-state index contributed by atoms with van der Waals surface area (Å²) in [4.78, 5) is 38.1. The van der Waals surface area contributed by atoms with Gasteiger partial charge in [0.25, 0.3) is 0 Å². The SMILES string of the molecule is CN1CC[C@@H](NC[C@H]2CCC(=O)N2)c2ccc(-c3cccc(-c4cccc(-c5ccc6c(n5)N(C)CC[C@H]6NC[C@@H]5CCC(=O)N5)c4Cl)c3Cl)nc21. The molecule has 4 aliphatic rings. The molecule has 0 saturated carbocycles. The Hall–Kier alpha value is -4.22. The summed E-state index contributed by atoms with van der Waals surface area (Å²) in [5.41, 5.74) is 7.23. The number of anilines is 2. The highest BCUT2D eigenvalue weighted by atomic mass is 35.5. The summed E-state index contributed by atoms with van der Waals surface area (Å²) < 4.78 is 0. The maximum atomic E-state index is 11.7. The van der Waals surface area contributed by atoms with Gasteiger partial charge in [0.1, 0.15) is 11.6 Å². The average Bonchev–Trinajstić information content (AvgIpc) is 3.78. The summed E-state index contributed by atoms with van der Waals surface area (Å²) in [6.45, 7) is 3.23. The summed E-state index contributed by atoms with van der Waals surface area (Å²) in [7, 11) is 4.15. The number of nitrogens with zero attached hydrogens (tertiary/aromatic N) is 4. The number of benzene rings is 2. The van der Waals surface area contributed by atoms with Crippen LogP contribution < -0.4 is 31.1 Å². The first-order valence-electron chi connectivity index (χ1n) is 18.3. The van der Waals surface area contributed by atoms with Crippen molar-refractivity contribution in [2.45, 2.75) is 62.7 Å². The van der Waals surface area contributed by atoms with Crippen LogP contribution in [-0.4, -0.2) is 74.1 Å². The van der Waals surface area contributed by atoms with Gasteiger partial charge >= 0.3 is 0 Å². The quantitative estimate of drug-likeness (QED) is 0.159. The minimum Gasteiger partial charge on any atom is -0.359 e. The highest BCUT2D eigenvalue weighted by Crippen LogP contribution is 2.44. The third kappa shape index (κ3) is 6.85. The molecule has 0 spiro atoms. The molecule has 0 radical (unpaired) electrons. The number of pyridine rings is 2. The Kier molecular flexibility index (Phi) is 9.82. The fourth-order valence-electron chi connectivity index (χ4n) is 8.07. The molecule has 2 amide bonds. The van der Waals surface area contributed by atoms with E-state index in [-0.39, 0.29) is 36.0 Å². The van der Waals surface area contributed by atoms with Gasteiger partial charge in [0.05, 0.1) is 21.4 Å². The number of rotatable bonds is 9.